The van der Waals surface area contributed by atoms with Crippen molar-refractivity contribution < 1.29 is 9.47 Å². The van der Waals surface area contributed by atoms with Crippen molar-refractivity contribution in [3.63, 3.8) is 0 Å². The van der Waals surface area contributed by atoms with Crippen molar-refractivity contribution in [3.8, 4) is 11.5 Å². The molecule has 0 amide bonds. The van der Waals surface area contributed by atoms with E-state index in [9.17, 15) is 0 Å². The van der Waals surface area contributed by atoms with Gasteiger partial charge >= 0.3 is 0 Å². The van der Waals surface area contributed by atoms with Crippen LogP contribution < -0.4 is 15.2 Å². The number of ether oxygens (including phenoxy) is 2. The van der Waals surface area contributed by atoms with Gasteiger partial charge in [0, 0.05) is 6.04 Å². The molecule has 1 fully saturated rings. The summed E-state index contributed by atoms with van der Waals surface area (Å²) in [7, 11) is 0. The number of hydrogen-bond donors (Lipinski definition) is 1. The van der Waals surface area contributed by atoms with Crippen LogP contribution >= 0.6 is 0 Å². The van der Waals surface area contributed by atoms with Gasteiger partial charge in [-0.1, -0.05) is 18.9 Å². The molecule has 1 aliphatic heterocycles. The lowest BCUT2D eigenvalue weighted by molar-refractivity contribution is 0.174. The van der Waals surface area contributed by atoms with E-state index in [2.05, 4.69) is 12.1 Å². The van der Waals surface area contributed by atoms with Crippen LogP contribution in [0.5, 0.6) is 11.5 Å². The molecular formula is C15H21NO2. The van der Waals surface area contributed by atoms with Gasteiger partial charge in [0.15, 0.2) is 11.5 Å². The summed E-state index contributed by atoms with van der Waals surface area (Å²) in [5, 5.41) is 0. The average Bonchev–Trinajstić information content (AvgIpc) is 2.85. The van der Waals surface area contributed by atoms with Crippen molar-refractivity contribution in [2.75, 3.05) is 6.79 Å². The van der Waals surface area contributed by atoms with Crippen molar-refractivity contribution >= 4 is 0 Å². The maximum absolute atomic E-state index is 6.19. The van der Waals surface area contributed by atoms with E-state index >= 15 is 0 Å². The van der Waals surface area contributed by atoms with E-state index in [-0.39, 0.29) is 0 Å². The number of nitrogens with two attached hydrogens (primary N) is 1. The quantitative estimate of drug-likeness (QED) is 0.893. The summed E-state index contributed by atoms with van der Waals surface area (Å²) in [5.74, 6) is 2.46. The monoisotopic (exact) mass is 247 g/mol. The zero-order valence-electron chi connectivity index (χ0n) is 10.7. The van der Waals surface area contributed by atoms with Crippen LogP contribution in [0, 0.1) is 5.92 Å². The number of aryl methyl sites for hydroxylation is 1. The second kappa shape index (κ2) is 5.19. The molecule has 3 rings (SSSR count). The number of benzene rings is 1. The van der Waals surface area contributed by atoms with E-state index in [4.69, 9.17) is 15.2 Å². The highest BCUT2D eigenvalue weighted by Gasteiger charge is 2.21. The standard InChI is InChI=1S/C15H21NO2/c16-13-4-2-1-3-12(13)7-5-11-6-8-14-15(9-11)18-10-17-14/h6,8-9,12-13H,1-5,7,10,16H2. The van der Waals surface area contributed by atoms with Gasteiger partial charge in [-0.25, -0.2) is 0 Å². The molecule has 2 N–H and O–H groups in total. The number of hydrogen-bond acceptors (Lipinski definition) is 3. The molecule has 2 atom stereocenters. The summed E-state index contributed by atoms with van der Waals surface area (Å²) >= 11 is 0. The topological polar surface area (TPSA) is 44.5 Å². The predicted molar refractivity (Wildman–Crippen MR) is 70.8 cm³/mol. The molecule has 98 valence electrons. The van der Waals surface area contributed by atoms with Crippen molar-refractivity contribution in [1.29, 1.82) is 0 Å². The van der Waals surface area contributed by atoms with Gasteiger partial charge in [-0.15, -0.1) is 0 Å². The Hall–Kier alpha value is -1.22. The lowest BCUT2D eigenvalue weighted by atomic mass is 9.81. The van der Waals surface area contributed by atoms with Crippen LogP contribution in [0.15, 0.2) is 18.2 Å². The third-order valence-corrected chi connectivity index (χ3v) is 4.21. The molecule has 2 aliphatic rings. The fraction of sp³-hybridized carbons (Fsp3) is 0.600. The first-order chi connectivity index (χ1) is 8.83. The lowest BCUT2D eigenvalue weighted by Gasteiger charge is -2.28. The van der Waals surface area contributed by atoms with Crippen molar-refractivity contribution in [2.45, 2.75) is 44.6 Å². The molecule has 0 spiro atoms. The summed E-state index contributed by atoms with van der Waals surface area (Å²) in [6.07, 6.45) is 7.44. The Labute approximate surface area is 108 Å². The molecule has 1 aliphatic carbocycles. The fourth-order valence-electron chi connectivity index (χ4n) is 3.04. The first kappa shape index (κ1) is 11.8. The van der Waals surface area contributed by atoms with Gasteiger partial charge in [-0.2, -0.15) is 0 Å². The van der Waals surface area contributed by atoms with Gasteiger partial charge in [-0.05, 0) is 49.3 Å². The summed E-state index contributed by atoms with van der Waals surface area (Å²) < 4.78 is 10.7. The van der Waals surface area contributed by atoms with Crippen LogP contribution in [0.3, 0.4) is 0 Å². The predicted octanol–water partition coefficient (Wildman–Crippen LogP) is 2.87. The smallest absolute Gasteiger partial charge is 0.231 e. The van der Waals surface area contributed by atoms with Crippen LogP contribution in [-0.2, 0) is 6.42 Å². The lowest BCUT2D eigenvalue weighted by Crippen LogP contribution is -2.33. The molecule has 0 bridgehead atoms. The first-order valence-electron chi connectivity index (χ1n) is 6.97. The fourth-order valence-corrected chi connectivity index (χ4v) is 3.04. The number of rotatable bonds is 3. The van der Waals surface area contributed by atoms with Gasteiger partial charge in [0.2, 0.25) is 6.79 Å². The average molecular weight is 247 g/mol. The molecule has 0 saturated heterocycles. The second-order valence-corrected chi connectivity index (χ2v) is 5.43. The molecule has 0 aromatic heterocycles. The highest BCUT2D eigenvalue weighted by molar-refractivity contribution is 5.44. The zero-order chi connectivity index (χ0) is 12.4. The van der Waals surface area contributed by atoms with Gasteiger partial charge in [-0.3, -0.25) is 0 Å². The second-order valence-electron chi connectivity index (χ2n) is 5.43. The SMILES string of the molecule is NC1CCCCC1CCc1ccc2c(c1)OCO2. The molecule has 18 heavy (non-hydrogen) atoms. The van der Waals surface area contributed by atoms with E-state index in [0.29, 0.717) is 18.8 Å². The highest BCUT2D eigenvalue weighted by atomic mass is 16.7. The Balaban J connectivity index is 1.59. The van der Waals surface area contributed by atoms with Gasteiger partial charge in [0.05, 0.1) is 0 Å². The van der Waals surface area contributed by atoms with E-state index < -0.39 is 0 Å². The van der Waals surface area contributed by atoms with Gasteiger partial charge in [0.1, 0.15) is 0 Å². The zero-order valence-corrected chi connectivity index (χ0v) is 10.7. The minimum Gasteiger partial charge on any atom is -0.454 e. The normalized spacial score (nSPS) is 26.3. The van der Waals surface area contributed by atoms with Crippen molar-refractivity contribution in [2.24, 2.45) is 11.7 Å². The molecule has 3 nitrogen and oxygen atoms in total. The Kier molecular flexibility index (Phi) is 3.41. The Morgan fingerprint density at radius 1 is 1.11 bits per heavy atom. The number of fused-ring (bicyclic) bond motifs is 1. The third-order valence-electron chi connectivity index (χ3n) is 4.21. The molecule has 3 heteroatoms. The summed E-state index contributed by atoms with van der Waals surface area (Å²) in [5.41, 5.74) is 7.52. The van der Waals surface area contributed by atoms with Crippen LogP contribution in [0.1, 0.15) is 37.7 Å². The highest BCUT2D eigenvalue weighted by Crippen LogP contribution is 2.33. The first-order valence-corrected chi connectivity index (χ1v) is 6.97. The Morgan fingerprint density at radius 2 is 1.94 bits per heavy atom. The minimum absolute atomic E-state index is 0.353. The van der Waals surface area contributed by atoms with E-state index in [1.807, 2.05) is 6.07 Å². The van der Waals surface area contributed by atoms with Gasteiger partial charge in [0.25, 0.3) is 0 Å². The maximum atomic E-state index is 6.19. The summed E-state index contributed by atoms with van der Waals surface area (Å²) in [4.78, 5) is 0. The minimum atomic E-state index is 0.353. The van der Waals surface area contributed by atoms with Crippen LogP contribution in [0.25, 0.3) is 0 Å². The molecule has 1 saturated carbocycles. The summed E-state index contributed by atoms with van der Waals surface area (Å²) in [6.45, 7) is 0.353. The van der Waals surface area contributed by atoms with Gasteiger partial charge < -0.3 is 15.2 Å². The van der Waals surface area contributed by atoms with Crippen molar-refractivity contribution in [3.05, 3.63) is 23.8 Å². The molecule has 1 heterocycles. The molecule has 0 radical (unpaired) electrons. The van der Waals surface area contributed by atoms with E-state index in [1.165, 1.54) is 37.7 Å². The maximum Gasteiger partial charge on any atom is 0.231 e. The Morgan fingerprint density at radius 3 is 2.83 bits per heavy atom. The summed E-state index contributed by atoms with van der Waals surface area (Å²) in [6, 6.07) is 6.67. The largest absolute Gasteiger partial charge is 0.454 e. The molecule has 2 unspecified atom stereocenters. The molecule has 1 aromatic carbocycles. The van der Waals surface area contributed by atoms with Crippen LogP contribution in [0.4, 0.5) is 0 Å². The third kappa shape index (κ3) is 2.46. The van der Waals surface area contributed by atoms with Crippen molar-refractivity contribution in [1.82, 2.24) is 0 Å². The van der Waals surface area contributed by atoms with Crippen LogP contribution in [-0.4, -0.2) is 12.8 Å². The van der Waals surface area contributed by atoms with E-state index in [1.54, 1.807) is 0 Å². The molecule has 1 aromatic rings. The van der Waals surface area contributed by atoms with E-state index in [0.717, 1.165) is 17.9 Å². The van der Waals surface area contributed by atoms with Crippen LogP contribution in [0.2, 0.25) is 0 Å². The Bertz CT molecular complexity index is 419. The molecular weight excluding hydrogens is 226 g/mol.